The van der Waals surface area contributed by atoms with E-state index in [1.807, 2.05) is 0 Å². The van der Waals surface area contributed by atoms with Crippen molar-refractivity contribution in [1.82, 2.24) is 9.97 Å². The fourth-order valence-electron chi connectivity index (χ4n) is 1.98. The van der Waals surface area contributed by atoms with Crippen molar-refractivity contribution in [2.24, 2.45) is 5.84 Å². The standard InChI is InChI=1S/C14H15ClN6/c1-2-3-11-13(18-8-19-14(11)21-17)20-12-6-10(15)5-4-9(12)7-16/h4-6,8H,2-3,17H2,1H3,(H2,18,19,20,21). The minimum Gasteiger partial charge on any atom is -0.339 e. The maximum atomic E-state index is 9.16. The Kier molecular flexibility index (Phi) is 4.93. The van der Waals surface area contributed by atoms with Crippen molar-refractivity contribution in [3.63, 3.8) is 0 Å². The van der Waals surface area contributed by atoms with Gasteiger partial charge in [-0.1, -0.05) is 24.9 Å². The van der Waals surface area contributed by atoms with Gasteiger partial charge in [-0.2, -0.15) is 5.26 Å². The Morgan fingerprint density at radius 2 is 2.10 bits per heavy atom. The van der Waals surface area contributed by atoms with Crippen molar-refractivity contribution in [3.8, 4) is 6.07 Å². The molecule has 0 saturated carbocycles. The van der Waals surface area contributed by atoms with Crippen LogP contribution in [-0.4, -0.2) is 9.97 Å². The van der Waals surface area contributed by atoms with Gasteiger partial charge in [0.15, 0.2) is 0 Å². The van der Waals surface area contributed by atoms with Crippen molar-refractivity contribution in [2.75, 3.05) is 10.7 Å². The lowest BCUT2D eigenvalue weighted by Crippen LogP contribution is -2.13. The summed E-state index contributed by atoms with van der Waals surface area (Å²) >= 11 is 5.99. The van der Waals surface area contributed by atoms with E-state index in [9.17, 15) is 0 Å². The van der Waals surface area contributed by atoms with E-state index in [2.05, 4.69) is 33.7 Å². The second-order valence-electron chi connectivity index (χ2n) is 4.37. The lowest BCUT2D eigenvalue weighted by molar-refractivity contribution is 0.903. The molecule has 0 spiro atoms. The predicted octanol–water partition coefficient (Wildman–Crippen LogP) is 2.98. The maximum Gasteiger partial charge on any atom is 0.148 e. The van der Waals surface area contributed by atoms with Crippen molar-refractivity contribution in [1.29, 1.82) is 5.26 Å². The van der Waals surface area contributed by atoms with E-state index in [0.29, 0.717) is 27.9 Å². The molecule has 0 aliphatic heterocycles. The molecule has 21 heavy (non-hydrogen) atoms. The van der Waals surface area contributed by atoms with E-state index >= 15 is 0 Å². The summed E-state index contributed by atoms with van der Waals surface area (Å²) in [6.45, 7) is 2.05. The number of nitriles is 1. The summed E-state index contributed by atoms with van der Waals surface area (Å²) in [5.41, 5.74) is 4.52. The first-order valence-electron chi connectivity index (χ1n) is 6.46. The number of hydrogen-bond acceptors (Lipinski definition) is 6. The quantitative estimate of drug-likeness (QED) is 0.580. The number of nitrogens with one attached hydrogen (secondary N) is 2. The largest absolute Gasteiger partial charge is 0.339 e. The molecular weight excluding hydrogens is 288 g/mol. The topological polar surface area (TPSA) is 99.7 Å². The van der Waals surface area contributed by atoms with Gasteiger partial charge in [0.1, 0.15) is 24.0 Å². The van der Waals surface area contributed by atoms with Crippen LogP contribution in [0, 0.1) is 11.3 Å². The second-order valence-corrected chi connectivity index (χ2v) is 4.81. The Bertz CT molecular complexity index is 680. The van der Waals surface area contributed by atoms with E-state index in [4.69, 9.17) is 22.7 Å². The lowest BCUT2D eigenvalue weighted by Gasteiger charge is -2.14. The summed E-state index contributed by atoms with van der Waals surface area (Å²) in [5.74, 6) is 6.66. The summed E-state index contributed by atoms with van der Waals surface area (Å²) in [5, 5.41) is 12.8. The van der Waals surface area contributed by atoms with Crippen molar-refractivity contribution >= 4 is 28.9 Å². The van der Waals surface area contributed by atoms with Gasteiger partial charge in [-0.15, -0.1) is 0 Å². The van der Waals surface area contributed by atoms with E-state index < -0.39 is 0 Å². The minimum absolute atomic E-state index is 0.489. The van der Waals surface area contributed by atoms with Crippen LogP contribution in [0.2, 0.25) is 5.02 Å². The highest BCUT2D eigenvalue weighted by atomic mass is 35.5. The van der Waals surface area contributed by atoms with Crippen LogP contribution in [-0.2, 0) is 6.42 Å². The van der Waals surface area contributed by atoms with Crippen LogP contribution < -0.4 is 16.6 Å². The Morgan fingerprint density at radius 3 is 2.76 bits per heavy atom. The van der Waals surface area contributed by atoms with E-state index in [-0.39, 0.29) is 0 Å². The Labute approximate surface area is 127 Å². The zero-order chi connectivity index (χ0) is 15.2. The molecule has 1 heterocycles. The summed E-state index contributed by atoms with van der Waals surface area (Å²) in [6, 6.07) is 7.14. The van der Waals surface area contributed by atoms with Crippen molar-refractivity contribution in [3.05, 3.63) is 40.7 Å². The molecule has 0 aliphatic carbocycles. The molecular formula is C14H15ClN6. The summed E-state index contributed by atoms with van der Waals surface area (Å²) in [4.78, 5) is 8.34. The van der Waals surface area contributed by atoms with Crippen molar-refractivity contribution < 1.29 is 0 Å². The summed E-state index contributed by atoms with van der Waals surface area (Å²) < 4.78 is 0. The fourth-order valence-corrected chi connectivity index (χ4v) is 2.15. The molecule has 6 nitrogen and oxygen atoms in total. The van der Waals surface area contributed by atoms with Crippen LogP contribution in [0.3, 0.4) is 0 Å². The Balaban J connectivity index is 2.44. The molecule has 0 unspecified atom stereocenters. The number of hydrazine groups is 1. The average Bonchev–Trinajstić information content (AvgIpc) is 2.49. The number of aromatic nitrogens is 2. The normalized spacial score (nSPS) is 10.0. The Morgan fingerprint density at radius 1 is 1.33 bits per heavy atom. The third kappa shape index (κ3) is 3.40. The van der Waals surface area contributed by atoms with Crippen LogP contribution in [0.4, 0.5) is 17.3 Å². The highest BCUT2D eigenvalue weighted by Crippen LogP contribution is 2.27. The molecule has 1 aromatic heterocycles. The lowest BCUT2D eigenvalue weighted by atomic mass is 10.1. The molecule has 0 atom stereocenters. The van der Waals surface area contributed by atoms with E-state index in [0.717, 1.165) is 18.4 Å². The smallest absolute Gasteiger partial charge is 0.148 e. The average molecular weight is 303 g/mol. The number of halogens is 1. The number of rotatable bonds is 5. The highest BCUT2D eigenvalue weighted by molar-refractivity contribution is 6.30. The van der Waals surface area contributed by atoms with Gasteiger partial charge >= 0.3 is 0 Å². The van der Waals surface area contributed by atoms with Crippen LogP contribution in [0.1, 0.15) is 24.5 Å². The molecule has 0 amide bonds. The predicted molar refractivity (Wildman–Crippen MR) is 83.3 cm³/mol. The molecule has 2 rings (SSSR count). The molecule has 0 saturated heterocycles. The van der Waals surface area contributed by atoms with Gasteiger partial charge in [0.2, 0.25) is 0 Å². The first-order valence-corrected chi connectivity index (χ1v) is 6.84. The minimum atomic E-state index is 0.489. The maximum absolute atomic E-state index is 9.16. The van der Waals surface area contributed by atoms with Crippen LogP contribution in [0.5, 0.6) is 0 Å². The SMILES string of the molecule is CCCc1c(NN)ncnc1Nc1cc(Cl)ccc1C#N. The third-order valence-electron chi connectivity index (χ3n) is 2.94. The molecule has 0 radical (unpaired) electrons. The fraction of sp³-hybridized carbons (Fsp3) is 0.214. The summed E-state index contributed by atoms with van der Waals surface area (Å²) in [6.07, 6.45) is 3.08. The first kappa shape index (κ1) is 15.0. The molecule has 0 fully saturated rings. The van der Waals surface area contributed by atoms with Gasteiger partial charge < -0.3 is 10.7 Å². The molecule has 4 N–H and O–H groups in total. The van der Waals surface area contributed by atoms with Gasteiger partial charge in [0.05, 0.1) is 11.3 Å². The van der Waals surface area contributed by atoms with Gasteiger partial charge in [-0.25, -0.2) is 15.8 Å². The van der Waals surface area contributed by atoms with Gasteiger partial charge in [0.25, 0.3) is 0 Å². The van der Waals surface area contributed by atoms with E-state index in [1.165, 1.54) is 6.33 Å². The van der Waals surface area contributed by atoms with Crippen LogP contribution in [0.15, 0.2) is 24.5 Å². The first-order chi connectivity index (χ1) is 10.2. The monoisotopic (exact) mass is 302 g/mol. The zero-order valence-corrected chi connectivity index (χ0v) is 12.3. The number of nitrogens with zero attached hydrogens (tertiary/aromatic N) is 3. The van der Waals surface area contributed by atoms with Crippen LogP contribution >= 0.6 is 11.6 Å². The molecule has 0 bridgehead atoms. The third-order valence-corrected chi connectivity index (χ3v) is 3.17. The molecule has 2 aromatic rings. The highest BCUT2D eigenvalue weighted by Gasteiger charge is 2.12. The molecule has 0 aliphatic rings. The zero-order valence-electron chi connectivity index (χ0n) is 11.5. The second kappa shape index (κ2) is 6.88. The number of nitrogens with two attached hydrogens (primary N) is 1. The number of benzene rings is 1. The van der Waals surface area contributed by atoms with Crippen LogP contribution in [0.25, 0.3) is 0 Å². The Hall–Kier alpha value is -2.36. The van der Waals surface area contributed by atoms with Gasteiger partial charge in [-0.05, 0) is 24.6 Å². The molecule has 108 valence electrons. The summed E-state index contributed by atoms with van der Waals surface area (Å²) in [7, 11) is 0. The number of anilines is 3. The van der Waals surface area contributed by atoms with Crippen molar-refractivity contribution in [2.45, 2.75) is 19.8 Å². The number of hydrogen-bond donors (Lipinski definition) is 3. The van der Waals surface area contributed by atoms with E-state index in [1.54, 1.807) is 18.2 Å². The molecule has 1 aromatic carbocycles. The van der Waals surface area contributed by atoms with Gasteiger partial charge in [-0.3, -0.25) is 0 Å². The van der Waals surface area contributed by atoms with Gasteiger partial charge in [0, 0.05) is 10.6 Å². The number of nitrogen functional groups attached to an aromatic ring is 1. The molecule has 7 heteroatoms.